The van der Waals surface area contributed by atoms with Crippen molar-refractivity contribution in [2.45, 2.75) is 448 Å². The number of allylic oxidation sites excluding steroid dienone is 9. The molecule has 0 aromatic rings. The van der Waals surface area contributed by atoms with Gasteiger partial charge in [-0.05, 0) is 83.5 Å². The number of esters is 1. The molecule has 1 rings (SSSR count). The summed E-state index contributed by atoms with van der Waals surface area (Å²) in [5.41, 5.74) is 0. The summed E-state index contributed by atoms with van der Waals surface area (Å²) in [6, 6.07) is -0.832. The summed E-state index contributed by atoms with van der Waals surface area (Å²) in [6.07, 6.45) is 90.1. The Morgan fingerprint density at radius 3 is 1.14 bits per heavy atom. The molecule has 11 nitrogen and oxygen atoms in total. The molecule has 96 heavy (non-hydrogen) atoms. The molecule has 0 bridgehead atoms. The SMILES string of the molecule is CC/C=C/CC/C=C/CC/C=C/C(O)C(COC1OC(CO)C(O)C(O)C1O)NC(=O)CCCCCCCCCCCCCCCCCCC/C=C\C/C=C\CCCCCCCCCCCCCCCCCOC(=O)CCCCCCCCCCCCCCCCCCCCC. The number of carbonyl (C=O) groups is 2. The van der Waals surface area contributed by atoms with Gasteiger partial charge in [0.05, 0.1) is 32.0 Å². The summed E-state index contributed by atoms with van der Waals surface area (Å²) in [7, 11) is 0. The minimum absolute atomic E-state index is 0.0196. The molecule has 6 N–H and O–H groups in total. The number of hydrogen-bond acceptors (Lipinski definition) is 10. The molecule has 1 amide bonds. The van der Waals surface area contributed by atoms with Crippen LogP contribution in [-0.2, 0) is 23.8 Å². The van der Waals surface area contributed by atoms with Gasteiger partial charge in [0.15, 0.2) is 6.29 Å². The Kier molecular flexibility index (Phi) is 70.0. The van der Waals surface area contributed by atoms with Crippen LogP contribution in [0, 0.1) is 0 Å². The lowest BCUT2D eigenvalue weighted by molar-refractivity contribution is -0.302. The first-order valence-corrected chi connectivity index (χ1v) is 41.6. The first-order valence-electron chi connectivity index (χ1n) is 41.6. The smallest absolute Gasteiger partial charge is 0.305 e. The molecule has 1 saturated heterocycles. The fourth-order valence-electron chi connectivity index (χ4n) is 13.2. The third kappa shape index (κ3) is 61.2. The lowest BCUT2D eigenvalue weighted by Crippen LogP contribution is -2.60. The van der Waals surface area contributed by atoms with Crippen molar-refractivity contribution in [3.8, 4) is 0 Å². The van der Waals surface area contributed by atoms with Crippen LogP contribution in [0.2, 0.25) is 0 Å². The first-order chi connectivity index (χ1) is 47.2. The molecule has 11 heteroatoms. The number of ether oxygens (including phenoxy) is 3. The van der Waals surface area contributed by atoms with E-state index in [0.29, 0.717) is 19.4 Å². The van der Waals surface area contributed by atoms with E-state index in [9.17, 15) is 35.1 Å². The van der Waals surface area contributed by atoms with Crippen molar-refractivity contribution in [3.63, 3.8) is 0 Å². The summed E-state index contributed by atoms with van der Waals surface area (Å²) in [6.45, 7) is 4.25. The molecular weight excluding hydrogens is 1190 g/mol. The van der Waals surface area contributed by atoms with Crippen molar-refractivity contribution in [2.24, 2.45) is 0 Å². The lowest BCUT2D eigenvalue weighted by Gasteiger charge is -2.40. The number of aliphatic hydroxyl groups is 5. The van der Waals surface area contributed by atoms with E-state index in [4.69, 9.17) is 14.2 Å². The number of carbonyl (C=O) groups excluding carboxylic acids is 2. The van der Waals surface area contributed by atoms with E-state index in [1.54, 1.807) is 6.08 Å². The summed E-state index contributed by atoms with van der Waals surface area (Å²) in [5.74, 6) is -0.175. The zero-order valence-corrected chi connectivity index (χ0v) is 62.8. The molecule has 0 saturated carbocycles. The Morgan fingerprint density at radius 1 is 0.396 bits per heavy atom. The third-order valence-electron chi connectivity index (χ3n) is 19.6. The van der Waals surface area contributed by atoms with Crippen molar-refractivity contribution < 1.29 is 49.3 Å². The third-order valence-corrected chi connectivity index (χ3v) is 19.6. The molecule has 7 unspecified atom stereocenters. The van der Waals surface area contributed by atoms with Crippen molar-refractivity contribution in [3.05, 3.63) is 60.8 Å². The van der Waals surface area contributed by atoms with Crippen LogP contribution in [0.4, 0.5) is 0 Å². The molecule has 1 aliphatic heterocycles. The molecule has 0 spiro atoms. The summed E-state index contributed by atoms with van der Waals surface area (Å²) in [4.78, 5) is 25.2. The highest BCUT2D eigenvalue weighted by Crippen LogP contribution is 2.24. The highest BCUT2D eigenvalue weighted by atomic mass is 16.7. The Bertz CT molecular complexity index is 1780. The van der Waals surface area contributed by atoms with Crippen LogP contribution in [0.15, 0.2) is 60.8 Å². The topological polar surface area (TPSA) is 175 Å². The predicted molar refractivity (Wildman–Crippen MR) is 407 cm³/mol. The molecule has 0 radical (unpaired) electrons. The van der Waals surface area contributed by atoms with Gasteiger partial charge in [-0.25, -0.2) is 0 Å². The van der Waals surface area contributed by atoms with E-state index in [-0.39, 0.29) is 18.5 Å². The monoisotopic (exact) mass is 1350 g/mol. The van der Waals surface area contributed by atoms with Crippen LogP contribution >= 0.6 is 0 Å². The Hall–Kier alpha value is -2.64. The van der Waals surface area contributed by atoms with Crippen LogP contribution in [0.5, 0.6) is 0 Å². The van der Waals surface area contributed by atoms with Crippen LogP contribution in [0.25, 0.3) is 0 Å². The van der Waals surface area contributed by atoms with E-state index < -0.39 is 49.5 Å². The molecular formula is C85H157NO10. The van der Waals surface area contributed by atoms with E-state index in [1.165, 1.54) is 308 Å². The number of unbranched alkanes of at least 4 members (excludes halogenated alkanes) is 52. The van der Waals surface area contributed by atoms with Gasteiger partial charge >= 0.3 is 5.97 Å². The number of hydrogen-bond donors (Lipinski definition) is 6. The number of amides is 1. The minimum atomic E-state index is -1.58. The summed E-state index contributed by atoms with van der Waals surface area (Å²) >= 11 is 0. The fraction of sp³-hybridized carbons (Fsp3) is 0.859. The van der Waals surface area contributed by atoms with Gasteiger partial charge < -0.3 is 45.1 Å². The van der Waals surface area contributed by atoms with Crippen molar-refractivity contribution in [1.82, 2.24) is 5.32 Å². The maximum Gasteiger partial charge on any atom is 0.305 e. The summed E-state index contributed by atoms with van der Waals surface area (Å²) < 4.78 is 16.7. The second kappa shape index (κ2) is 73.6. The highest BCUT2D eigenvalue weighted by Gasteiger charge is 2.44. The van der Waals surface area contributed by atoms with Crippen molar-refractivity contribution in [2.75, 3.05) is 19.8 Å². The van der Waals surface area contributed by atoms with Crippen LogP contribution in [-0.4, -0.2) is 100 Å². The van der Waals surface area contributed by atoms with E-state index >= 15 is 0 Å². The van der Waals surface area contributed by atoms with E-state index in [1.807, 2.05) is 6.08 Å². The second-order valence-corrected chi connectivity index (χ2v) is 28.8. The van der Waals surface area contributed by atoms with Crippen LogP contribution in [0.3, 0.4) is 0 Å². The molecule has 0 aromatic carbocycles. The zero-order chi connectivity index (χ0) is 69.4. The van der Waals surface area contributed by atoms with Gasteiger partial charge in [-0.1, -0.05) is 370 Å². The van der Waals surface area contributed by atoms with Gasteiger partial charge in [-0.3, -0.25) is 9.59 Å². The van der Waals surface area contributed by atoms with E-state index in [0.717, 1.165) is 70.6 Å². The minimum Gasteiger partial charge on any atom is -0.466 e. The first kappa shape index (κ1) is 91.4. The molecule has 1 fully saturated rings. The number of aliphatic hydroxyl groups excluding tert-OH is 5. The Balaban J connectivity index is 1.85. The van der Waals surface area contributed by atoms with Gasteiger partial charge in [0.1, 0.15) is 24.4 Å². The molecule has 1 heterocycles. The van der Waals surface area contributed by atoms with E-state index in [2.05, 4.69) is 67.8 Å². The maximum absolute atomic E-state index is 13.0. The zero-order valence-electron chi connectivity index (χ0n) is 62.8. The van der Waals surface area contributed by atoms with Gasteiger partial charge in [0.25, 0.3) is 0 Å². The summed E-state index contributed by atoms with van der Waals surface area (Å²) in [5, 5.41) is 54.4. The van der Waals surface area contributed by atoms with Gasteiger partial charge in [-0.15, -0.1) is 0 Å². The van der Waals surface area contributed by atoms with Crippen LogP contribution in [0.1, 0.15) is 406 Å². The molecule has 7 atom stereocenters. The quantitative estimate of drug-likeness (QED) is 0.0195. The normalized spacial score (nSPS) is 17.6. The average molecular weight is 1350 g/mol. The molecule has 562 valence electrons. The average Bonchev–Trinajstić information content (AvgIpc) is 0.836. The molecule has 0 aliphatic carbocycles. The van der Waals surface area contributed by atoms with Gasteiger partial charge in [-0.2, -0.15) is 0 Å². The molecule has 1 aliphatic rings. The van der Waals surface area contributed by atoms with Crippen molar-refractivity contribution >= 4 is 11.9 Å². The van der Waals surface area contributed by atoms with Crippen LogP contribution < -0.4 is 5.32 Å². The lowest BCUT2D eigenvalue weighted by atomic mass is 9.99. The van der Waals surface area contributed by atoms with Crippen molar-refractivity contribution in [1.29, 1.82) is 0 Å². The maximum atomic E-state index is 13.0. The number of nitrogens with one attached hydrogen (secondary N) is 1. The Morgan fingerprint density at radius 2 is 0.740 bits per heavy atom. The molecule has 0 aromatic heterocycles. The second-order valence-electron chi connectivity index (χ2n) is 28.8. The van der Waals surface area contributed by atoms with Gasteiger partial charge in [0, 0.05) is 12.8 Å². The number of rotatable bonds is 74. The standard InChI is InChI=1S/C85H157NO10/c1-3-5-7-9-11-13-15-16-17-18-40-44-47-50-53-57-61-65-69-73-81(90)94-74-70-66-62-58-54-51-48-45-42-39-37-35-33-31-29-27-25-23-21-19-20-22-24-26-28-30-32-34-36-38-41-43-46-49-52-56-60-64-68-72-80(89)86-77(76-95-85-84(93)83(92)82(91)79(75-87)96-85)78(88)71-67-63-59-55-14-12-10-8-6-4-2/h6,8,14,19-20,23,25,55,67,71,77-79,82-85,87-88,91-93H,3-5,7,9-13,15-18,21-22,24,26-54,56-66,68-70,72-76H2,1-2H3,(H,86,89)/b8-6+,20-19-,25-23-,55-14+,71-67+. The predicted octanol–water partition coefficient (Wildman–Crippen LogP) is 22.8. The highest BCUT2D eigenvalue weighted by molar-refractivity contribution is 5.76. The largest absolute Gasteiger partial charge is 0.466 e. The fourth-order valence-corrected chi connectivity index (χ4v) is 13.2. The Labute approximate surface area is 592 Å². The van der Waals surface area contributed by atoms with Gasteiger partial charge in [0.2, 0.25) is 5.91 Å².